The zero-order valence-corrected chi connectivity index (χ0v) is 18.8. The second-order valence-corrected chi connectivity index (χ2v) is 9.66. The molecule has 0 aliphatic rings. The van der Waals surface area contributed by atoms with Gasteiger partial charge in [-0.1, -0.05) is 30.3 Å². The second kappa shape index (κ2) is 7.02. The molecule has 0 saturated heterocycles. The number of nitrogens with one attached hydrogen (secondary N) is 2. The van der Waals surface area contributed by atoms with Crippen LogP contribution in [0, 0.1) is 0 Å². The van der Waals surface area contributed by atoms with Crippen molar-refractivity contribution in [1.82, 2.24) is 19.9 Å². The Labute approximate surface area is 187 Å². The lowest BCUT2D eigenvalue weighted by molar-refractivity contribution is 0.522. The van der Waals surface area contributed by atoms with Gasteiger partial charge in [0.05, 0.1) is 27.6 Å². The number of fused-ring (bicyclic) bond motifs is 2. The minimum absolute atomic E-state index is 0.403. The van der Waals surface area contributed by atoms with E-state index in [1.165, 1.54) is 0 Å². The van der Waals surface area contributed by atoms with Crippen LogP contribution in [0.4, 0.5) is 0 Å². The number of benzene rings is 3. The predicted octanol–water partition coefficient (Wildman–Crippen LogP) is 5.16. The maximum atomic E-state index is 6.28. The Bertz CT molecular complexity index is 1440. The van der Waals surface area contributed by atoms with Crippen molar-refractivity contribution in [3.8, 4) is 22.5 Å². The van der Waals surface area contributed by atoms with Crippen molar-refractivity contribution in [2.75, 3.05) is 0 Å². The summed E-state index contributed by atoms with van der Waals surface area (Å²) in [6.07, 6.45) is 0. The third-order valence-electron chi connectivity index (χ3n) is 5.79. The summed E-state index contributed by atoms with van der Waals surface area (Å²) in [5, 5.41) is 0. The van der Waals surface area contributed by atoms with Crippen molar-refractivity contribution in [3.63, 3.8) is 0 Å². The molecule has 0 spiro atoms. The molecule has 6 N–H and O–H groups in total. The number of hydrogen-bond donors (Lipinski definition) is 4. The van der Waals surface area contributed by atoms with E-state index in [1.54, 1.807) is 0 Å². The van der Waals surface area contributed by atoms with Crippen molar-refractivity contribution in [2.24, 2.45) is 11.5 Å². The van der Waals surface area contributed by atoms with E-state index in [9.17, 15) is 0 Å². The standard InChI is InChI=1S/C26H28N6/c1-25(2,27)18-7-5-6-17(12-18)23-29-19-10-8-15(13-21(19)30-23)16-9-11-20-22(14-16)32-24(31-20)26(3,4)28/h5-14H,27-28H2,1-4H3,(H,29,30)(H,31,32). The van der Waals surface area contributed by atoms with Gasteiger partial charge < -0.3 is 21.4 Å². The van der Waals surface area contributed by atoms with Gasteiger partial charge in [-0.15, -0.1) is 0 Å². The van der Waals surface area contributed by atoms with Crippen molar-refractivity contribution in [1.29, 1.82) is 0 Å². The first-order valence-corrected chi connectivity index (χ1v) is 10.8. The maximum Gasteiger partial charge on any atom is 0.138 e. The normalized spacial score (nSPS) is 12.7. The summed E-state index contributed by atoms with van der Waals surface area (Å²) in [5.41, 5.74) is 19.7. The van der Waals surface area contributed by atoms with Gasteiger partial charge in [0.15, 0.2) is 0 Å². The first-order chi connectivity index (χ1) is 15.1. The molecule has 6 heteroatoms. The highest BCUT2D eigenvalue weighted by molar-refractivity contribution is 5.87. The molecular formula is C26H28N6. The van der Waals surface area contributed by atoms with Gasteiger partial charge in [0.2, 0.25) is 0 Å². The quantitative estimate of drug-likeness (QED) is 0.319. The lowest BCUT2D eigenvalue weighted by atomic mass is 9.94. The van der Waals surface area contributed by atoms with E-state index in [2.05, 4.69) is 51.4 Å². The molecule has 0 bridgehead atoms. The van der Waals surface area contributed by atoms with Crippen molar-refractivity contribution < 1.29 is 0 Å². The molecule has 162 valence electrons. The van der Waals surface area contributed by atoms with Crippen LogP contribution < -0.4 is 11.5 Å². The summed E-state index contributed by atoms with van der Waals surface area (Å²) in [4.78, 5) is 16.3. The highest BCUT2D eigenvalue weighted by Crippen LogP contribution is 2.29. The van der Waals surface area contributed by atoms with E-state index in [4.69, 9.17) is 16.5 Å². The number of hydrogen-bond acceptors (Lipinski definition) is 4. The van der Waals surface area contributed by atoms with Gasteiger partial charge in [-0.3, -0.25) is 0 Å². The van der Waals surface area contributed by atoms with Crippen LogP contribution in [0.25, 0.3) is 44.6 Å². The first-order valence-electron chi connectivity index (χ1n) is 10.8. The molecule has 32 heavy (non-hydrogen) atoms. The maximum absolute atomic E-state index is 6.28. The topological polar surface area (TPSA) is 109 Å². The SMILES string of the molecule is CC(C)(N)c1cccc(-c2nc3ccc(-c4ccc5nc(C(C)(C)N)[nH]c5c4)cc3[nH]2)c1. The molecule has 0 unspecified atom stereocenters. The third kappa shape index (κ3) is 3.68. The third-order valence-corrected chi connectivity index (χ3v) is 5.79. The molecule has 0 saturated carbocycles. The zero-order chi connectivity index (χ0) is 22.7. The van der Waals surface area contributed by atoms with Gasteiger partial charge in [-0.25, -0.2) is 9.97 Å². The molecule has 0 aliphatic carbocycles. The van der Waals surface area contributed by atoms with Gasteiger partial charge >= 0.3 is 0 Å². The molecule has 2 aromatic heterocycles. The van der Waals surface area contributed by atoms with Crippen LogP contribution in [0.2, 0.25) is 0 Å². The van der Waals surface area contributed by atoms with Gasteiger partial charge in [-0.2, -0.15) is 0 Å². The molecule has 5 rings (SSSR count). The summed E-state index contributed by atoms with van der Waals surface area (Å²) < 4.78 is 0. The number of rotatable bonds is 4. The fourth-order valence-corrected chi connectivity index (χ4v) is 3.89. The largest absolute Gasteiger partial charge is 0.340 e. The van der Waals surface area contributed by atoms with Gasteiger partial charge in [0, 0.05) is 11.1 Å². The Morgan fingerprint density at radius 2 is 1.28 bits per heavy atom. The van der Waals surface area contributed by atoms with Crippen LogP contribution in [0.1, 0.15) is 39.1 Å². The molecular weight excluding hydrogens is 396 g/mol. The summed E-state index contributed by atoms with van der Waals surface area (Å²) >= 11 is 0. The monoisotopic (exact) mass is 424 g/mol. The molecule has 0 atom stereocenters. The van der Waals surface area contributed by atoms with Gasteiger partial charge in [0.25, 0.3) is 0 Å². The fraction of sp³-hybridized carbons (Fsp3) is 0.231. The van der Waals surface area contributed by atoms with Crippen LogP contribution in [0.3, 0.4) is 0 Å². The van der Waals surface area contributed by atoms with Crippen LogP contribution in [-0.4, -0.2) is 19.9 Å². The number of aromatic nitrogens is 4. The van der Waals surface area contributed by atoms with Crippen molar-refractivity contribution in [2.45, 2.75) is 38.8 Å². The van der Waals surface area contributed by atoms with Crippen molar-refractivity contribution in [3.05, 3.63) is 72.1 Å². The molecule has 2 heterocycles. The number of imidazole rings is 2. The van der Waals surface area contributed by atoms with E-state index in [1.807, 2.05) is 52.0 Å². The van der Waals surface area contributed by atoms with Gasteiger partial charge in [-0.05, 0) is 74.7 Å². The van der Waals surface area contributed by atoms with E-state index in [-0.39, 0.29) is 0 Å². The highest BCUT2D eigenvalue weighted by Gasteiger charge is 2.19. The smallest absolute Gasteiger partial charge is 0.138 e. The number of H-pyrrole nitrogens is 2. The minimum Gasteiger partial charge on any atom is -0.340 e. The van der Waals surface area contributed by atoms with E-state index < -0.39 is 11.1 Å². The Kier molecular flexibility index (Phi) is 4.48. The van der Waals surface area contributed by atoms with Crippen LogP contribution >= 0.6 is 0 Å². The minimum atomic E-state index is -0.513. The summed E-state index contributed by atoms with van der Waals surface area (Å²) in [5.74, 6) is 1.61. The molecule has 0 aliphatic heterocycles. The number of nitrogens with two attached hydrogens (primary N) is 2. The average Bonchev–Trinajstić information content (AvgIpc) is 3.36. The molecule has 0 fully saturated rings. The summed E-state index contributed by atoms with van der Waals surface area (Å²) in [7, 11) is 0. The van der Waals surface area contributed by atoms with E-state index in [0.29, 0.717) is 0 Å². The summed E-state index contributed by atoms with van der Waals surface area (Å²) in [6, 6.07) is 20.7. The average molecular weight is 425 g/mol. The van der Waals surface area contributed by atoms with E-state index in [0.717, 1.165) is 56.0 Å². The fourth-order valence-electron chi connectivity index (χ4n) is 3.89. The van der Waals surface area contributed by atoms with Crippen LogP contribution in [0.5, 0.6) is 0 Å². The van der Waals surface area contributed by atoms with Crippen molar-refractivity contribution >= 4 is 22.1 Å². The highest BCUT2D eigenvalue weighted by atomic mass is 15.0. The first kappa shape index (κ1) is 20.4. The lowest BCUT2D eigenvalue weighted by Gasteiger charge is -2.19. The zero-order valence-electron chi connectivity index (χ0n) is 18.8. The number of aromatic amines is 2. The Balaban J connectivity index is 1.53. The van der Waals surface area contributed by atoms with Gasteiger partial charge in [0.1, 0.15) is 11.6 Å². The molecule has 0 amide bonds. The molecule has 0 radical (unpaired) electrons. The van der Waals surface area contributed by atoms with E-state index >= 15 is 0 Å². The molecule has 5 aromatic rings. The predicted molar refractivity (Wildman–Crippen MR) is 131 cm³/mol. The van der Waals surface area contributed by atoms with Crippen LogP contribution in [0.15, 0.2) is 60.7 Å². The molecule has 6 nitrogen and oxygen atoms in total. The van der Waals surface area contributed by atoms with Crippen LogP contribution in [-0.2, 0) is 11.1 Å². The Morgan fingerprint density at radius 3 is 1.91 bits per heavy atom. The Morgan fingerprint density at radius 1 is 0.656 bits per heavy atom. The number of nitrogens with zero attached hydrogens (tertiary/aromatic N) is 2. The summed E-state index contributed by atoms with van der Waals surface area (Å²) in [6.45, 7) is 7.90. The second-order valence-electron chi connectivity index (χ2n) is 9.66. The lowest BCUT2D eigenvalue weighted by Crippen LogP contribution is -2.30. The Hall–Kier alpha value is -3.48. The molecule has 3 aromatic carbocycles.